The number of benzene rings is 1. The Hall–Kier alpha value is -1.95. The van der Waals surface area contributed by atoms with Gasteiger partial charge in [-0.25, -0.2) is 0 Å². The molecule has 0 unspecified atom stereocenters. The average molecular weight is 354 g/mol. The highest BCUT2D eigenvalue weighted by Crippen LogP contribution is 2.31. The molecule has 0 saturated carbocycles. The summed E-state index contributed by atoms with van der Waals surface area (Å²) in [5.74, 6) is -0.202. The van der Waals surface area contributed by atoms with Crippen LogP contribution in [0.3, 0.4) is 0 Å². The van der Waals surface area contributed by atoms with Gasteiger partial charge < -0.3 is 14.0 Å². The number of hydrogen-bond donors (Lipinski definition) is 0. The molecule has 138 valence electrons. The number of para-hydroxylation sites is 1. The summed E-state index contributed by atoms with van der Waals surface area (Å²) >= 11 is 0. The van der Waals surface area contributed by atoms with Gasteiger partial charge in [0.1, 0.15) is 0 Å². The van der Waals surface area contributed by atoms with Crippen LogP contribution in [0.15, 0.2) is 36.4 Å². The van der Waals surface area contributed by atoms with Gasteiger partial charge in [0, 0.05) is 48.6 Å². The van der Waals surface area contributed by atoms with Gasteiger partial charge >= 0.3 is 0 Å². The number of carbonyl (C=O) groups excluding carboxylic acids is 1. The molecule has 1 aromatic heterocycles. The largest absolute Gasteiger partial charge is 0.347 e. The zero-order chi connectivity index (χ0) is 18.1. The van der Waals surface area contributed by atoms with Crippen molar-refractivity contribution in [3.63, 3.8) is 0 Å². The molecule has 2 aliphatic rings. The first-order chi connectivity index (χ1) is 12.6. The number of Topliss-reactive ketones (excluding diaryl/α,β-unsaturated/α-hetero) is 1. The van der Waals surface area contributed by atoms with E-state index in [0.29, 0.717) is 19.8 Å². The Morgan fingerprint density at radius 1 is 1.08 bits per heavy atom. The van der Waals surface area contributed by atoms with Crippen LogP contribution in [0.1, 0.15) is 34.6 Å². The Morgan fingerprint density at radius 3 is 2.38 bits per heavy atom. The minimum absolute atomic E-state index is 0.185. The number of piperidine rings is 1. The molecule has 4 rings (SSSR count). The van der Waals surface area contributed by atoms with Crippen molar-refractivity contribution in [2.24, 2.45) is 0 Å². The molecule has 0 radical (unpaired) electrons. The lowest BCUT2D eigenvalue weighted by Crippen LogP contribution is -2.46. The zero-order valence-electron chi connectivity index (χ0n) is 15.5. The van der Waals surface area contributed by atoms with Crippen molar-refractivity contribution in [1.82, 2.24) is 9.47 Å². The van der Waals surface area contributed by atoms with Crippen molar-refractivity contribution < 1.29 is 14.3 Å². The number of ether oxygens (including phenoxy) is 2. The van der Waals surface area contributed by atoms with E-state index in [4.69, 9.17) is 9.47 Å². The molecular formula is C21H26N2O3. The molecule has 2 saturated heterocycles. The van der Waals surface area contributed by atoms with Crippen LogP contribution < -0.4 is 0 Å². The summed E-state index contributed by atoms with van der Waals surface area (Å²) in [6, 6.07) is 12.2. The fourth-order valence-electron chi connectivity index (χ4n) is 4.15. The smallest absolute Gasteiger partial charge is 0.178 e. The lowest BCUT2D eigenvalue weighted by molar-refractivity contribution is -0.184. The normalized spacial score (nSPS) is 19.9. The Balaban J connectivity index is 1.46. The molecule has 5 heteroatoms. The molecule has 0 amide bonds. The van der Waals surface area contributed by atoms with E-state index in [9.17, 15) is 4.79 Å². The summed E-state index contributed by atoms with van der Waals surface area (Å²) in [5.41, 5.74) is 4.01. The van der Waals surface area contributed by atoms with E-state index in [1.807, 2.05) is 31.2 Å². The molecular weight excluding hydrogens is 328 g/mol. The van der Waals surface area contributed by atoms with Crippen molar-refractivity contribution in [3.05, 3.63) is 53.3 Å². The van der Waals surface area contributed by atoms with Gasteiger partial charge in [0.05, 0.1) is 19.8 Å². The number of hydrogen-bond acceptors (Lipinski definition) is 4. The fourth-order valence-corrected chi connectivity index (χ4v) is 4.15. The van der Waals surface area contributed by atoms with Gasteiger partial charge in [-0.3, -0.25) is 9.69 Å². The van der Waals surface area contributed by atoms with E-state index >= 15 is 0 Å². The van der Waals surface area contributed by atoms with Crippen molar-refractivity contribution in [1.29, 1.82) is 0 Å². The molecule has 3 heterocycles. The third-order valence-corrected chi connectivity index (χ3v) is 5.54. The maximum atomic E-state index is 12.9. The van der Waals surface area contributed by atoms with Crippen LogP contribution >= 0.6 is 0 Å². The monoisotopic (exact) mass is 354 g/mol. The number of aryl methyl sites for hydroxylation is 1. The molecule has 0 aliphatic carbocycles. The summed E-state index contributed by atoms with van der Waals surface area (Å²) in [7, 11) is 0. The lowest BCUT2D eigenvalue weighted by atomic mass is 10.0. The standard InChI is InChI=1S/C21H26N2O3/c1-16-14-19(17(2)23(16)18-6-4-3-5-7-18)20(24)15-22-10-8-21(9-11-22)25-12-13-26-21/h3-7,14H,8-13,15H2,1-2H3. The maximum Gasteiger partial charge on any atom is 0.178 e. The van der Waals surface area contributed by atoms with Crippen molar-refractivity contribution in [3.8, 4) is 5.69 Å². The molecule has 2 aromatic rings. The number of aromatic nitrogens is 1. The second-order valence-corrected chi connectivity index (χ2v) is 7.26. The molecule has 0 atom stereocenters. The van der Waals surface area contributed by atoms with Crippen LogP contribution in [0.4, 0.5) is 0 Å². The van der Waals surface area contributed by atoms with Gasteiger partial charge in [0.2, 0.25) is 0 Å². The Kier molecular flexibility index (Phi) is 4.69. The molecule has 0 N–H and O–H groups in total. The summed E-state index contributed by atoms with van der Waals surface area (Å²) in [6.45, 7) is 7.57. The van der Waals surface area contributed by atoms with Crippen LogP contribution in [0.2, 0.25) is 0 Å². The van der Waals surface area contributed by atoms with E-state index in [1.54, 1.807) is 0 Å². The van der Waals surface area contributed by atoms with Crippen LogP contribution in [-0.2, 0) is 9.47 Å². The average Bonchev–Trinajstić information content (AvgIpc) is 3.22. The van der Waals surface area contributed by atoms with Crippen molar-refractivity contribution >= 4 is 5.78 Å². The first-order valence-corrected chi connectivity index (χ1v) is 9.36. The quantitative estimate of drug-likeness (QED) is 0.792. The highest BCUT2D eigenvalue weighted by atomic mass is 16.7. The van der Waals surface area contributed by atoms with Crippen LogP contribution in [-0.4, -0.2) is 53.9 Å². The molecule has 5 nitrogen and oxygen atoms in total. The predicted molar refractivity (Wildman–Crippen MR) is 99.9 cm³/mol. The van der Waals surface area contributed by atoms with E-state index < -0.39 is 0 Å². The first kappa shape index (κ1) is 17.5. The number of likely N-dealkylation sites (tertiary alicyclic amines) is 1. The van der Waals surface area contributed by atoms with Crippen LogP contribution in [0, 0.1) is 13.8 Å². The maximum absolute atomic E-state index is 12.9. The Labute approximate surface area is 154 Å². The third-order valence-electron chi connectivity index (χ3n) is 5.54. The number of rotatable bonds is 4. The van der Waals surface area contributed by atoms with Gasteiger partial charge in [-0.1, -0.05) is 18.2 Å². The van der Waals surface area contributed by atoms with E-state index in [0.717, 1.165) is 48.6 Å². The zero-order valence-corrected chi connectivity index (χ0v) is 15.5. The van der Waals surface area contributed by atoms with Gasteiger partial charge in [0.25, 0.3) is 0 Å². The second-order valence-electron chi connectivity index (χ2n) is 7.26. The number of nitrogens with zero attached hydrogens (tertiary/aromatic N) is 2. The summed E-state index contributed by atoms with van der Waals surface area (Å²) in [4.78, 5) is 15.1. The molecule has 1 spiro atoms. The van der Waals surface area contributed by atoms with Crippen LogP contribution in [0.5, 0.6) is 0 Å². The van der Waals surface area contributed by atoms with E-state index in [2.05, 4.69) is 28.5 Å². The van der Waals surface area contributed by atoms with Gasteiger partial charge in [-0.15, -0.1) is 0 Å². The van der Waals surface area contributed by atoms with Gasteiger partial charge in [0.15, 0.2) is 11.6 Å². The molecule has 2 fully saturated rings. The topological polar surface area (TPSA) is 43.7 Å². The first-order valence-electron chi connectivity index (χ1n) is 9.36. The van der Waals surface area contributed by atoms with Gasteiger partial charge in [-0.05, 0) is 32.0 Å². The molecule has 1 aromatic carbocycles. The number of ketones is 1. The third kappa shape index (κ3) is 3.22. The fraction of sp³-hybridized carbons (Fsp3) is 0.476. The van der Waals surface area contributed by atoms with Gasteiger partial charge in [-0.2, -0.15) is 0 Å². The minimum Gasteiger partial charge on any atom is -0.347 e. The van der Waals surface area contributed by atoms with Crippen molar-refractivity contribution in [2.45, 2.75) is 32.5 Å². The number of carbonyl (C=O) groups is 1. The lowest BCUT2D eigenvalue weighted by Gasteiger charge is -2.37. The van der Waals surface area contributed by atoms with E-state index in [1.165, 1.54) is 0 Å². The summed E-state index contributed by atoms with van der Waals surface area (Å²) in [6.07, 6.45) is 1.67. The molecule has 2 aliphatic heterocycles. The predicted octanol–water partition coefficient (Wildman–Crippen LogP) is 3.12. The highest BCUT2D eigenvalue weighted by molar-refractivity contribution is 5.99. The highest BCUT2D eigenvalue weighted by Gasteiger charge is 2.40. The summed E-state index contributed by atoms with van der Waals surface area (Å²) < 4.78 is 13.7. The SMILES string of the molecule is Cc1cc(C(=O)CN2CCC3(CC2)OCCO3)c(C)n1-c1ccccc1. The Bertz CT molecular complexity index is 781. The minimum atomic E-state index is -0.386. The molecule has 26 heavy (non-hydrogen) atoms. The van der Waals surface area contributed by atoms with Crippen molar-refractivity contribution in [2.75, 3.05) is 32.8 Å². The Morgan fingerprint density at radius 2 is 1.73 bits per heavy atom. The molecule has 0 bridgehead atoms. The van der Waals surface area contributed by atoms with E-state index in [-0.39, 0.29) is 11.6 Å². The second kappa shape index (κ2) is 6.99. The van der Waals surface area contributed by atoms with Crippen LogP contribution in [0.25, 0.3) is 5.69 Å². The summed E-state index contributed by atoms with van der Waals surface area (Å²) in [5, 5.41) is 0.